The topological polar surface area (TPSA) is 17.1 Å². The molecule has 0 spiro atoms. The number of benzene rings is 1. The van der Waals surface area contributed by atoms with Crippen molar-refractivity contribution in [3.8, 4) is 0 Å². The van der Waals surface area contributed by atoms with Crippen LogP contribution in [0.2, 0.25) is 5.02 Å². The Bertz CT molecular complexity index is 362. The van der Waals surface area contributed by atoms with Gasteiger partial charge in [0, 0.05) is 27.2 Å². The van der Waals surface area contributed by atoms with E-state index in [1.165, 1.54) is 0 Å². The number of thioether (sulfide) groups is 1. The van der Waals surface area contributed by atoms with Crippen molar-refractivity contribution in [2.45, 2.75) is 11.8 Å². The van der Waals surface area contributed by atoms with Gasteiger partial charge in [-0.25, -0.2) is 0 Å². The summed E-state index contributed by atoms with van der Waals surface area (Å²) in [4.78, 5) is 12.8. The summed E-state index contributed by atoms with van der Waals surface area (Å²) in [6.07, 6.45) is 0. The van der Waals surface area contributed by atoms with Crippen LogP contribution >= 0.6 is 23.4 Å². The van der Waals surface area contributed by atoms with Gasteiger partial charge in [-0.2, -0.15) is 0 Å². The largest absolute Gasteiger partial charge is 0.294 e. The van der Waals surface area contributed by atoms with Crippen molar-refractivity contribution in [2.24, 2.45) is 5.92 Å². The van der Waals surface area contributed by atoms with Crippen LogP contribution in [0.3, 0.4) is 0 Å². The van der Waals surface area contributed by atoms with E-state index in [0.717, 1.165) is 16.2 Å². The first kappa shape index (κ1) is 9.10. The van der Waals surface area contributed by atoms with Gasteiger partial charge in [-0.1, -0.05) is 18.5 Å². The second-order valence-corrected chi connectivity index (χ2v) is 4.72. The van der Waals surface area contributed by atoms with Crippen molar-refractivity contribution in [2.75, 3.05) is 5.75 Å². The average Bonchev–Trinajstić information content (AvgIpc) is 2.12. The number of Topliss-reactive ketones (excluding diaryl/α,β-unsaturated/α-hetero) is 1. The Morgan fingerprint density at radius 2 is 2.31 bits per heavy atom. The Hall–Kier alpha value is -0.470. The predicted molar refractivity (Wildman–Crippen MR) is 55.7 cm³/mol. The lowest BCUT2D eigenvalue weighted by atomic mass is 10.0. The molecule has 1 aliphatic heterocycles. The van der Waals surface area contributed by atoms with Crippen LogP contribution in [-0.4, -0.2) is 11.5 Å². The van der Waals surface area contributed by atoms with E-state index in [0.29, 0.717) is 5.02 Å². The lowest BCUT2D eigenvalue weighted by molar-refractivity contribution is 0.0936. The minimum absolute atomic E-state index is 0.121. The van der Waals surface area contributed by atoms with Gasteiger partial charge in [0.1, 0.15) is 0 Å². The maximum atomic E-state index is 11.7. The summed E-state index contributed by atoms with van der Waals surface area (Å²) in [5, 5.41) is 0.641. The Morgan fingerprint density at radius 1 is 1.54 bits per heavy atom. The summed E-state index contributed by atoms with van der Waals surface area (Å²) < 4.78 is 0. The molecule has 1 aromatic rings. The second kappa shape index (κ2) is 3.35. The number of fused-ring (bicyclic) bond motifs is 1. The van der Waals surface area contributed by atoms with Crippen LogP contribution in [0.1, 0.15) is 17.3 Å². The van der Waals surface area contributed by atoms with E-state index in [2.05, 4.69) is 0 Å². The molecular formula is C10H9ClOS. The average molecular weight is 213 g/mol. The van der Waals surface area contributed by atoms with Crippen LogP contribution in [0.4, 0.5) is 0 Å². The van der Waals surface area contributed by atoms with Crippen LogP contribution in [0.5, 0.6) is 0 Å². The summed E-state index contributed by atoms with van der Waals surface area (Å²) in [5.74, 6) is 1.22. The number of carbonyl (C=O) groups excluding carboxylic acids is 1. The molecule has 0 aromatic heterocycles. The third kappa shape index (κ3) is 1.61. The highest BCUT2D eigenvalue weighted by molar-refractivity contribution is 7.99. The molecule has 13 heavy (non-hydrogen) atoms. The standard InChI is InChI=1S/C10H9ClOS/c1-6-5-13-9-3-2-7(11)4-8(9)10(6)12/h2-4,6H,5H2,1H3. The lowest BCUT2D eigenvalue weighted by Crippen LogP contribution is -2.18. The zero-order chi connectivity index (χ0) is 9.42. The highest BCUT2D eigenvalue weighted by atomic mass is 35.5. The fourth-order valence-electron chi connectivity index (χ4n) is 1.38. The molecule has 1 unspecified atom stereocenters. The van der Waals surface area contributed by atoms with Gasteiger partial charge in [0.15, 0.2) is 5.78 Å². The predicted octanol–water partition coefficient (Wildman–Crippen LogP) is 3.26. The molecule has 1 aliphatic rings. The van der Waals surface area contributed by atoms with Gasteiger partial charge in [0.05, 0.1) is 0 Å². The summed E-state index contributed by atoms with van der Waals surface area (Å²) in [7, 11) is 0. The molecule has 1 aromatic carbocycles. The van der Waals surface area contributed by atoms with Crippen molar-refractivity contribution in [1.29, 1.82) is 0 Å². The highest BCUT2D eigenvalue weighted by Gasteiger charge is 2.24. The Labute approximate surface area is 86.5 Å². The number of hydrogen-bond acceptors (Lipinski definition) is 2. The monoisotopic (exact) mass is 212 g/mol. The maximum absolute atomic E-state index is 11.7. The van der Waals surface area contributed by atoms with Crippen molar-refractivity contribution >= 4 is 29.1 Å². The van der Waals surface area contributed by atoms with Crippen molar-refractivity contribution < 1.29 is 4.79 Å². The fourth-order valence-corrected chi connectivity index (χ4v) is 2.61. The fraction of sp³-hybridized carbons (Fsp3) is 0.300. The summed E-state index contributed by atoms with van der Waals surface area (Å²) in [6.45, 7) is 1.96. The lowest BCUT2D eigenvalue weighted by Gasteiger charge is -2.19. The smallest absolute Gasteiger partial charge is 0.167 e. The molecule has 0 amide bonds. The quantitative estimate of drug-likeness (QED) is 0.657. The molecule has 0 aliphatic carbocycles. The van der Waals surface area contributed by atoms with E-state index in [1.807, 2.05) is 19.1 Å². The first-order valence-electron chi connectivity index (χ1n) is 4.15. The molecule has 1 atom stereocenters. The molecule has 0 saturated heterocycles. The Morgan fingerprint density at radius 3 is 3.08 bits per heavy atom. The van der Waals surface area contributed by atoms with Gasteiger partial charge in [-0.15, -0.1) is 11.8 Å². The van der Waals surface area contributed by atoms with Crippen molar-refractivity contribution in [3.63, 3.8) is 0 Å². The van der Waals surface area contributed by atoms with E-state index in [9.17, 15) is 4.79 Å². The van der Waals surface area contributed by atoms with E-state index >= 15 is 0 Å². The van der Waals surface area contributed by atoms with E-state index in [4.69, 9.17) is 11.6 Å². The molecule has 3 heteroatoms. The van der Waals surface area contributed by atoms with Crippen LogP contribution in [0.25, 0.3) is 0 Å². The van der Waals surface area contributed by atoms with Crippen LogP contribution in [0, 0.1) is 5.92 Å². The number of halogens is 1. The SMILES string of the molecule is CC1CSc2ccc(Cl)cc2C1=O. The van der Waals surface area contributed by atoms with Gasteiger partial charge >= 0.3 is 0 Å². The third-order valence-corrected chi connectivity index (χ3v) is 3.71. The minimum atomic E-state index is 0.121. The highest BCUT2D eigenvalue weighted by Crippen LogP contribution is 2.33. The zero-order valence-corrected chi connectivity index (χ0v) is 8.78. The summed E-state index contributed by atoms with van der Waals surface area (Å²) in [6, 6.07) is 5.52. The maximum Gasteiger partial charge on any atom is 0.167 e. The molecule has 1 nitrogen and oxygen atoms in total. The normalized spacial score (nSPS) is 21.4. The molecule has 0 N–H and O–H groups in total. The number of rotatable bonds is 0. The van der Waals surface area contributed by atoms with Gasteiger partial charge in [0.2, 0.25) is 0 Å². The Balaban J connectivity index is 2.51. The van der Waals surface area contributed by atoms with Gasteiger partial charge in [0.25, 0.3) is 0 Å². The molecular weight excluding hydrogens is 204 g/mol. The molecule has 0 saturated carbocycles. The van der Waals surface area contributed by atoms with E-state index < -0.39 is 0 Å². The summed E-state index contributed by atoms with van der Waals surface area (Å²) in [5.41, 5.74) is 0.788. The summed E-state index contributed by atoms with van der Waals surface area (Å²) >= 11 is 7.56. The minimum Gasteiger partial charge on any atom is -0.294 e. The number of hydrogen-bond donors (Lipinski definition) is 0. The molecule has 0 radical (unpaired) electrons. The number of ketones is 1. The van der Waals surface area contributed by atoms with Crippen molar-refractivity contribution in [3.05, 3.63) is 28.8 Å². The molecule has 68 valence electrons. The van der Waals surface area contributed by atoms with E-state index in [1.54, 1.807) is 17.8 Å². The third-order valence-electron chi connectivity index (χ3n) is 2.14. The first-order valence-corrected chi connectivity index (χ1v) is 5.51. The van der Waals surface area contributed by atoms with Crippen LogP contribution in [0.15, 0.2) is 23.1 Å². The molecule has 0 fully saturated rings. The molecule has 2 rings (SSSR count). The molecule has 1 heterocycles. The van der Waals surface area contributed by atoms with Crippen LogP contribution in [-0.2, 0) is 0 Å². The van der Waals surface area contributed by atoms with Gasteiger partial charge in [-0.3, -0.25) is 4.79 Å². The molecule has 0 bridgehead atoms. The second-order valence-electron chi connectivity index (χ2n) is 3.22. The van der Waals surface area contributed by atoms with E-state index in [-0.39, 0.29) is 11.7 Å². The van der Waals surface area contributed by atoms with Gasteiger partial charge < -0.3 is 0 Å². The first-order chi connectivity index (χ1) is 6.18. The number of carbonyl (C=O) groups is 1. The Kier molecular flexibility index (Phi) is 2.35. The van der Waals surface area contributed by atoms with Gasteiger partial charge in [-0.05, 0) is 18.2 Å². The zero-order valence-electron chi connectivity index (χ0n) is 7.21. The van der Waals surface area contributed by atoms with Crippen LogP contribution < -0.4 is 0 Å². The van der Waals surface area contributed by atoms with Crippen molar-refractivity contribution in [1.82, 2.24) is 0 Å².